The normalized spacial score (nSPS) is 11.0. The smallest absolute Gasteiger partial charge is 0.348 e. The van der Waals surface area contributed by atoms with Crippen LogP contribution in [0.5, 0.6) is 5.75 Å². The molecule has 4 heteroatoms. The third-order valence-electron chi connectivity index (χ3n) is 3.13. The minimum Gasteiger partial charge on any atom is -0.493 e. The number of nitriles is 1. The molecule has 4 nitrogen and oxygen atoms in total. The Morgan fingerprint density at radius 1 is 1.18 bits per heavy atom. The van der Waals surface area contributed by atoms with Crippen molar-refractivity contribution in [3.05, 3.63) is 47.5 Å². The van der Waals surface area contributed by atoms with Crippen molar-refractivity contribution in [2.45, 2.75) is 13.8 Å². The highest BCUT2D eigenvalue weighted by Crippen LogP contribution is 2.30. The van der Waals surface area contributed by atoms with Gasteiger partial charge in [-0.25, -0.2) is 4.79 Å². The number of hydrogen-bond donors (Lipinski definition) is 0. The fourth-order valence-corrected chi connectivity index (χ4v) is 2.20. The molecule has 2 rings (SSSR count). The van der Waals surface area contributed by atoms with E-state index in [0.717, 1.165) is 10.8 Å². The molecular weight excluding hydrogens is 278 g/mol. The molecule has 0 aliphatic heterocycles. The second kappa shape index (κ2) is 7.28. The largest absolute Gasteiger partial charge is 0.493 e. The van der Waals surface area contributed by atoms with Crippen LogP contribution in [-0.4, -0.2) is 19.2 Å². The number of hydrogen-bond acceptors (Lipinski definition) is 4. The molecule has 0 aliphatic rings. The minimum atomic E-state index is -0.625. The maximum atomic E-state index is 11.8. The van der Waals surface area contributed by atoms with Crippen molar-refractivity contribution in [2.75, 3.05) is 13.2 Å². The van der Waals surface area contributed by atoms with E-state index in [0.29, 0.717) is 17.9 Å². The van der Waals surface area contributed by atoms with Gasteiger partial charge in [-0.15, -0.1) is 0 Å². The van der Waals surface area contributed by atoms with Crippen molar-refractivity contribution in [1.29, 1.82) is 5.26 Å². The SMILES string of the molecule is CCOC(=O)/C(C#N)=C/c1c(OCC)ccc2ccccc12. The summed E-state index contributed by atoms with van der Waals surface area (Å²) < 4.78 is 10.5. The van der Waals surface area contributed by atoms with Crippen LogP contribution in [-0.2, 0) is 9.53 Å². The second-order valence-corrected chi connectivity index (χ2v) is 4.52. The van der Waals surface area contributed by atoms with Gasteiger partial charge in [0.15, 0.2) is 0 Å². The molecule has 0 aliphatic carbocycles. The van der Waals surface area contributed by atoms with Gasteiger partial charge >= 0.3 is 5.97 Å². The number of nitrogens with zero attached hydrogens (tertiary/aromatic N) is 1. The fourth-order valence-electron chi connectivity index (χ4n) is 2.20. The summed E-state index contributed by atoms with van der Waals surface area (Å²) in [5, 5.41) is 11.2. The van der Waals surface area contributed by atoms with Gasteiger partial charge in [-0.2, -0.15) is 5.26 Å². The van der Waals surface area contributed by atoms with E-state index in [-0.39, 0.29) is 12.2 Å². The molecule has 22 heavy (non-hydrogen) atoms. The molecule has 0 saturated heterocycles. The summed E-state index contributed by atoms with van der Waals surface area (Å²) in [6.45, 7) is 4.32. The molecule has 0 unspecified atom stereocenters. The Morgan fingerprint density at radius 3 is 2.64 bits per heavy atom. The van der Waals surface area contributed by atoms with Crippen LogP contribution in [0, 0.1) is 11.3 Å². The van der Waals surface area contributed by atoms with Gasteiger partial charge in [0.1, 0.15) is 17.4 Å². The Kier molecular flexibility index (Phi) is 5.16. The van der Waals surface area contributed by atoms with Gasteiger partial charge < -0.3 is 9.47 Å². The minimum absolute atomic E-state index is 0.0424. The molecule has 0 radical (unpaired) electrons. The van der Waals surface area contributed by atoms with Gasteiger partial charge in [0, 0.05) is 5.56 Å². The van der Waals surface area contributed by atoms with E-state index in [2.05, 4.69) is 0 Å². The third-order valence-corrected chi connectivity index (χ3v) is 3.13. The molecule has 0 aromatic heterocycles. The van der Waals surface area contributed by atoms with Gasteiger partial charge in [-0.05, 0) is 36.8 Å². The van der Waals surface area contributed by atoms with E-state index in [1.165, 1.54) is 6.08 Å². The highest BCUT2D eigenvalue weighted by atomic mass is 16.5. The van der Waals surface area contributed by atoms with Crippen molar-refractivity contribution in [2.24, 2.45) is 0 Å². The number of fused-ring (bicyclic) bond motifs is 1. The number of benzene rings is 2. The Labute approximate surface area is 129 Å². The van der Waals surface area contributed by atoms with Gasteiger partial charge in [-0.3, -0.25) is 0 Å². The van der Waals surface area contributed by atoms with Crippen LogP contribution in [0.1, 0.15) is 19.4 Å². The van der Waals surface area contributed by atoms with Crippen LogP contribution in [0.25, 0.3) is 16.8 Å². The Bertz CT molecular complexity index is 757. The van der Waals surface area contributed by atoms with Crippen LogP contribution in [0.3, 0.4) is 0 Å². The molecule has 0 fully saturated rings. The van der Waals surface area contributed by atoms with Crippen LogP contribution in [0.4, 0.5) is 0 Å². The number of carbonyl (C=O) groups is 1. The first-order valence-corrected chi connectivity index (χ1v) is 7.14. The molecule has 0 N–H and O–H groups in total. The molecule has 0 spiro atoms. The van der Waals surface area contributed by atoms with E-state index in [1.807, 2.05) is 49.4 Å². The first-order chi connectivity index (χ1) is 10.7. The van der Waals surface area contributed by atoms with Crippen molar-refractivity contribution in [3.8, 4) is 11.8 Å². The van der Waals surface area contributed by atoms with Crippen molar-refractivity contribution >= 4 is 22.8 Å². The van der Waals surface area contributed by atoms with Crippen LogP contribution >= 0.6 is 0 Å². The summed E-state index contributed by atoms with van der Waals surface area (Å²) in [5.41, 5.74) is 0.670. The van der Waals surface area contributed by atoms with Gasteiger partial charge in [0.05, 0.1) is 13.2 Å². The van der Waals surface area contributed by atoms with E-state index in [4.69, 9.17) is 9.47 Å². The number of rotatable bonds is 5. The van der Waals surface area contributed by atoms with E-state index < -0.39 is 5.97 Å². The molecule has 0 amide bonds. The lowest BCUT2D eigenvalue weighted by Gasteiger charge is -2.11. The van der Waals surface area contributed by atoms with Crippen LogP contribution < -0.4 is 4.74 Å². The number of esters is 1. The van der Waals surface area contributed by atoms with Gasteiger partial charge in [0.25, 0.3) is 0 Å². The summed E-state index contributed by atoms with van der Waals surface area (Å²) in [6, 6.07) is 13.4. The lowest BCUT2D eigenvalue weighted by atomic mass is 10.0. The molecule has 0 saturated carbocycles. The highest BCUT2D eigenvalue weighted by Gasteiger charge is 2.13. The topological polar surface area (TPSA) is 59.3 Å². The molecule has 112 valence electrons. The maximum Gasteiger partial charge on any atom is 0.348 e. The van der Waals surface area contributed by atoms with E-state index >= 15 is 0 Å². The molecular formula is C18H17NO3. The molecule has 0 atom stereocenters. The zero-order chi connectivity index (χ0) is 15.9. The summed E-state index contributed by atoms with van der Waals surface area (Å²) in [4.78, 5) is 11.8. The number of carbonyl (C=O) groups excluding carboxylic acids is 1. The summed E-state index contributed by atoms with van der Waals surface area (Å²) in [6.07, 6.45) is 1.53. The summed E-state index contributed by atoms with van der Waals surface area (Å²) in [5.74, 6) is 0.0126. The molecule has 2 aromatic rings. The Hall–Kier alpha value is -2.80. The second-order valence-electron chi connectivity index (χ2n) is 4.52. The van der Waals surface area contributed by atoms with E-state index in [1.54, 1.807) is 6.92 Å². The standard InChI is InChI=1S/C18H17NO3/c1-3-21-17-10-9-13-7-5-6-8-15(13)16(17)11-14(12-19)18(20)22-4-2/h5-11H,3-4H2,1-2H3/b14-11+. The average Bonchev–Trinajstić information content (AvgIpc) is 2.54. The first kappa shape index (κ1) is 15.6. The lowest BCUT2D eigenvalue weighted by Crippen LogP contribution is -2.06. The zero-order valence-corrected chi connectivity index (χ0v) is 12.6. The molecule has 0 heterocycles. The molecule has 0 bridgehead atoms. The maximum absolute atomic E-state index is 11.8. The fraction of sp³-hybridized carbons (Fsp3) is 0.222. The van der Waals surface area contributed by atoms with Crippen LogP contribution in [0.15, 0.2) is 42.0 Å². The van der Waals surface area contributed by atoms with Crippen molar-refractivity contribution in [3.63, 3.8) is 0 Å². The van der Waals surface area contributed by atoms with E-state index in [9.17, 15) is 10.1 Å². The van der Waals surface area contributed by atoms with Gasteiger partial charge in [-0.1, -0.05) is 30.3 Å². The lowest BCUT2D eigenvalue weighted by molar-refractivity contribution is -0.137. The Balaban J connectivity index is 2.63. The van der Waals surface area contributed by atoms with Gasteiger partial charge in [0.2, 0.25) is 0 Å². The highest BCUT2D eigenvalue weighted by molar-refractivity contribution is 6.02. The Morgan fingerprint density at radius 2 is 1.95 bits per heavy atom. The zero-order valence-electron chi connectivity index (χ0n) is 12.6. The third kappa shape index (κ3) is 3.26. The quantitative estimate of drug-likeness (QED) is 0.479. The first-order valence-electron chi connectivity index (χ1n) is 7.14. The summed E-state index contributed by atoms with van der Waals surface area (Å²) >= 11 is 0. The predicted molar refractivity (Wildman–Crippen MR) is 85.3 cm³/mol. The van der Waals surface area contributed by atoms with Crippen LogP contribution in [0.2, 0.25) is 0 Å². The monoisotopic (exact) mass is 295 g/mol. The predicted octanol–water partition coefficient (Wildman–Crippen LogP) is 3.71. The van der Waals surface area contributed by atoms with Crippen molar-refractivity contribution in [1.82, 2.24) is 0 Å². The number of ether oxygens (including phenoxy) is 2. The van der Waals surface area contributed by atoms with Crippen molar-refractivity contribution < 1.29 is 14.3 Å². The molecule has 2 aromatic carbocycles. The summed E-state index contributed by atoms with van der Waals surface area (Å²) in [7, 11) is 0. The average molecular weight is 295 g/mol.